The molecule has 1 saturated heterocycles. The average molecular weight is 300 g/mol. The molecule has 2 N–H and O–H groups in total. The molecule has 1 heterocycles. The van der Waals surface area contributed by atoms with E-state index in [9.17, 15) is 10.2 Å². The van der Waals surface area contributed by atoms with E-state index in [1.807, 2.05) is 0 Å². The Morgan fingerprint density at radius 3 is 2.80 bits per heavy atom. The molecule has 2 rings (SSSR count). The van der Waals surface area contributed by atoms with Crippen LogP contribution in [0.2, 0.25) is 5.02 Å². The molecule has 1 fully saturated rings. The largest absolute Gasteiger partial charge is 0.491 e. The number of nitrogens with zero attached hydrogens (tertiary/aromatic N) is 1. The fraction of sp³-hybridized carbons (Fsp3) is 0.600. The lowest BCUT2D eigenvalue weighted by Crippen LogP contribution is -2.42. The van der Waals surface area contributed by atoms with Crippen LogP contribution in [-0.2, 0) is 0 Å². The molecule has 1 aliphatic rings. The number of piperidine rings is 1. The van der Waals surface area contributed by atoms with E-state index in [1.165, 1.54) is 0 Å². The van der Waals surface area contributed by atoms with Gasteiger partial charge in [-0.2, -0.15) is 0 Å². The molecule has 1 aliphatic heterocycles. The molecule has 0 spiro atoms. The summed E-state index contributed by atoms with van der Waals surface area (Å²) in [6.45, 7) is 2.92. The van der Waals surface area contributed by atoms with Crippen molar-refractivity contribution >= 4 is 11.6 Å². The van der Waals surface area contributed by atoms with E-state index in [-0.39, 0.29) is 13.2 Å². The number of benzene rings is 1. The third-order valence-corrected chi connectivity index (χ3v) is 3.84. The van der Waals surface area contributed by atoms with Crippen molar-refractivity contribution in [2.24, 2.45) is 5.92 Å². The van der Waals surface area contributed by atoms with Crippen molar-refractivity contribution in [3.05, 3.63) is 29.3 Å². The highest BCUT2D eigenvalue weighted by molar-refractivity contribution is 6.30. The molecule has 112 valence electrons. The van der Waals surface area contributed by atoms with E-state index >= 15 is 0 Å². The molecule has 20 heavy (non-hydrogen) atoms. The third-order valence-electron chi connectivity index (χ3n) is 3.59. The van der Waals surface area contributed by atoms with Crippen LogP contribution < -0.4 is 4.74 Å². The minimum Gasteiger partial charge on any atom is -0.491 e. The Kier molecular flexibility index (Phi) is 6.10. The fourth-order valence-corrected chi connectivity index (χ4v) is 2.67. The van der Waals surface area contributed by atoms with E-state index in [4.69, 9.17) is 16.3 Å². The highest BCUT2D eigenvalue weighted by atomic mass is 35.5. The molecule has 0 saturated carbocycles. The van der Waals surface area contributed by atoms with Crippen molar-refractivity contribution in [2.45, 2.75) is 18.9 Å². The Hall–Kier alpha value is -0.810. The maximum atomic E-state index is 10.0. The van der Waals surface area contributed by atoms with Gasteiger partial charge >= 0.3 is 0 Å². The SMILES string of the molecule is OCC1CCCN(CC(O)COc2ccc(Cl)cc2)C1. The number of β-amino-alcohol motifs (C(OH)–C–C–N with tert-alkyl or cyclic N) is 1. The van der Waals surface area contributed by atoms with Gasteiger partial charge in [0.2, 0.25) is 0 Å². The highest BCUT2D eigenvalue weighted by Gasteiger charge is 2.21. The van der Waals surface area contributed by atoms with Crippen LogP contribution in [0.25, 0.3) is 0 Å². The van der Waals surface area contributed by atoms with Crippen molar-refractivity contribution in [3.8, 4) is 5.75 Å². The van der Waals surface area contributed by atoms with Gasteiger partial charge in [-0.25, -0.2) is 0 Å². The zero-order valence-corrected chi connectivity index (χ0v) is 12.3. The molecule has 5 heteroatoms. The van der Waals surface area contributed by atoms with Crippen LogP contribution in [0.3, 0.4) is 0 Å². The van der Waals surface area contributed by atoms with E-state index < -0.39 is 6.10 Å². The Bertz CT molecular complexity index is 399. The maximum absolute atomic E-state index is 10.0. The molecule has 0 amide bonds. The third kappa shape index (κ3) is 4.94. The average Bonchev–Trinajstić information content (AvgIpc) is 2.47. The van der Waals surface area contributed by atoms with Gasteiger partial charge in [0.1, 0.15) is 18.5 Å². The zero-order chi connectivity index (χ0) is 14.4. The summed E-state index contributed by atoms with van der Waals surface area (Å²) >= 11 is 5.80. The summed E-state index contributed by atoms with van der Waals surface area (Å²) in [5, 5.41) is 19.9. The first-order valence-electron chi connectivity index (χ1n) is 7.07. The number of aliphatic hydroxyl groups excluding tert-OH is 2. The first-order valence-corrected chi connectivity index (χ1v) is 7.45. The number of ether oxygens (including phenoxy) is 1. The van der Waals surface area contributed by atoms with Gasteiger partial charge in [0.15, 0.2) is 0 Å². The molecule has 1 aromatic rings. The smallest absolute Gasteiger partial charge is 0.119 e. The molecular formula is C15H22ClNO3. The quantitative estimate of drug-likeness (QED) is 0.841. The summed E-state index contributed by atoms with van der Waals surface area (Å²) in [7, 11) is 0. The topological polar surface area (TPSA) is 52.9 Å². The van der Waals surface area contributed by atoms with E-state index in [0.717, 1.165) is 25.9 Å². The number of rotatable bonds is 6. The summed E-state index contributed by atoms with van der Waals surface area (Å²) in [5.74, 6) is 1.05. The van der Waals surface area contributed by atoms with Crippen molar-refractivity contribution in [1.82, 2.24) is 4.90 Å². The molecular weight excluding hydrogens is 278 g/mol. The zero-order valence-electron chi connectivity index (χ0n) is 11.5. The van der Waals surface area contributed by atoms with Crippen molar-refractivity contribution in [2.75, 3.05) is 32.8 Å². The molecule has 0 bridgehead atoms. The van der Waals surface area contributed by atoms with Crippen LogP contribution in [0.5, 0.6) is 5.75 Å². The van der Waals surface area contributed by atoms with Crippen LogP contribution >= 0.6 is 11.6 Å². The van der Waals surface area contributed by atoms with Crippen LogP contribution in [0.1, 0.15) is 12.8 Å². The Morgan fingerprint density at radius 2 is 2.10 bits per heavy atom. The molecule has 2 unspecified atom stereocenters. The van der Waals surface area contributed by atoms with Crippen LogP contribution in [0.4, 0.5) is 0 Å². The first kappa shape index (κ1) is 15.6. The van der Waals surface area contributed by atoms with Crippen LogP contribution in [-0.4, -0.2) is 54.1 Å². The van der Waals surface area contributed by atoms with Gasteiger partial charge in [-0.1, -0.05) is 11.6 Å². The second kappa shape index (κ2) is 7.84. The van der Waals surface area contributed by atoms with Crippen molar-refractivity contribution in [3.63, 3.8) is 0 Å². The standard InChI is InChI=1S/C15H22ClNO3/c16-13-3-5-15(6-4-13)20-11-14(19)9-17-7-1-2-12(8-17)10-18/h3-6,12,14,18-19H,1-2,7-11H2. The lowest BCUT2D eigenvalue weighted by Gasteiger charge is -2.33. The molecule has 0 aliphatic carbocycles. The summed E-state index contributed by atoms with van der Waals surface area (Å²) in [6, 6.07) is 7.11. The summed E-state index contributed by atoms with van der Waals surface area (Å²) in [4.78, 5) is 2.19. The van der Waals surface area contributed by atoms with E-state index in [0.29, 0.717) is 23.2 Å². The van der Waals surface area contributed by atoms with E-state index in [2.05, 4.69) is 4.90 Å². The lowest BCUT2D eigenvalue weighted by atomic mass is 9.99. The summed E-state index contributed by atoms with van der Waals surface area (Å²) < 4.78 is 5.53. The second-order valence-corrected chi connectivity index (χ2v) is 5.81. The summed E-state index contributed by atoms with van der Waals surface area (Å²) in [6.07, 6.45) is 1.63. The van der Waals surface area contributed by atoms with Gasteiger partial charge in [0.05, 0.1) is 0 Å². The van der Waals surface area contributed by atoms with Crippen LogP contribution in [0.15, 0.2) is 24.3 Å². The monoisotopic (exact) mass is 299 g/mol. The Labute approximate surface area is 124 Å². The fourth-order valence-electron chi connectivity index (χ4n) is 2.54. The predicted octanol–water partition coefficient (Wildman–Crippen LogP) is 1.78. The van der Waals surface area contributed by atoms with Gasteiger partial charge in [-0.05, 0) is 49.6 Å². The molecule has 1 aromatic carbocycles. The number of likely N-dealkylation sites (tertiary alicyclic amines) is 1. The van der Waals surface area contributed by atoms with Crippen molar-refractivity contribution in [1.29, 1.82) is 0 Å². The molecule has 2 atom stereocenters. The van der Waals surface area contributed by atoms with Gasteiger partial charge in [-0.15, -0.1) is 0 Å². The highest BCUT2D eigenvalue weighted by Crippen LogP contribution is 2.17. The Morgan fingerprint density at radius 1 is 1.35 bits per heavy atom. The second-order valence-electron chi connectivity index (χ2n) is 5.37. The van der Waals surface area contributed by atoms with Gasteiger partial charge in [0.25, 0.3) is 0 Å². The predicted molar refractivity (Wildman–Crippen MR) is 79.2 cm³/mol. The molecule has 0 radical (unpaired) electrons. The number of hydrogen-bond donors (Lipinski definition) is 2. The Balaban J connectivity index is 1.72. The van der Waals surface area contributed by atoms with Gasteiger partial charge in [0, 0.05) is 24.7 Å². The lowest BCUT2D eigenvalue weighted by molar-refractivity contribution is 0.0431. The summed E-state index contributed by atoms with van der Waals surface area (Å²) in [5.41, 5.74) is 0. The van der Waals surface area contributed by atoms with Gasteiger partial charge < -0.3 is 19.8 Å². The normalized spacial score (nSPS) is 21.6. The van der Waals surface area contributed by atoms with E-state index in [1.54, 1.807) is 24.3 Å². The maximum Gasteiger partial charge on any atom is 0.119 e. The molecule has 4 nitrogen and oxygen atoms in total. The van der Waals surface area contributed by atoms with Crippen molar-refractivity contribution < 1.29 is 14.9 Å². The van der Waals surface area contributed by atoms with Crippen LogP contribution in [0, 0.1) is 5.92 Å². The number of hydrogen-bond acceptors (Lipinski definition) is 4. The van der Waals surface area contributed by atoms with Gasteiger partial charge in [-0.3, -0.25) is 0 Å². The minimum absolute atomic E-state index is 0.230. The number of halogens is 1. The minimum atomic E-state index is -0.525. The molecule has 0 aromatic heterocycles. The first-order chi connectivity index (χ1) is 9.67. The number of aliphatic hydroxyl groups is 2.